The summed E-state index contributed by atoms with van der Waals surface area (Å²) in [6.45, 7) is 5.28. The SMILES string of the molecule is CCCNc1cc(C2CC2)nc2c(Cl)ccc(C)c12. The first kappa shape index (κ1) is 12.7. The number of aromatic nitrogens is 1. The van der Waals surface area contributed by atoms with E-state index in [0.29, 0.717) is 5.92 Å². The normalized spacial score (nSPS) is 14.9. The number of aryl methyl sites for hydroxylation is 1. The van der Waals surface area contributed by atoms with E-state index in [1.165, 1.54) is 35.2 Å². The number of rotatable bonds is 4. The number of nitrogens with one attached hydrogen (secondary N) is 1. The maximum atomic E-state index is 6.34. The zero-order chi connectivity index (χ0) is 13.4. The van der Waals surface area contributed by atoms with E-state index in [1.807, 2.05) is 6.07 Å². The summed E-state index contributed by atoms with van der Waals surface area (Å²) in [4.78, 5) is 4.79. The van der Waals surface area contributed by atoms with Gasteiger partial charge in [-0.05, 0) is 43.9 Å². The Morgan fingerprint density at radius 1 is 1.37 bits per heavy atom. The predicted octanol–water partition coefficient (Wildman–Crippen LogP) is 4.90. The van der Waals surface area contributed by atoms with Crippen molar-refractivity contribution in [3.05, 3.63) is 34.5 Å². The molecule has 1 saturated carbocycles. The van der Waals surface area contributed by atoms with Gasteiger partial charge in [-0.3, -0.25) is 4.98 Å². The first-order chi connectivity index (χ1) is 9.20. The zero-order valence-corrected chi connectivity index (χ0v) is 12.2. The molecule has 0 unspecified atom stereocenters. The van der Waals surface area contributed by atoms with E-state index in [1.54, 1.807) is 0 Å². The summed E-state index contributed by atoms with van der Waals surface area (Å²) in [5, 5.41) is 5.45. The van der Waals surface area contributed by atoms with Crippen LogP contribution < -0.4 is 5.32 Å². The molecule has 0 amide bonds. The minimum absolute atomic E-state index is 0.642. The third kappa shape index (κ3) is 2.42. The monoisotopic (exact) mass is 274 g/mol. The third-order valence-corrected chi connectivity index (χ3v) is 4.01. The molecule has 0 radical (unpaired) electrons. The molecular formula is C16H19ClN2. The van der Waals surface area contributed by atoms with Crippen molar-refractivity contribution >= 4 is 28.2 Å². The molecule has 2 nitrogen and oxygen atoms in total. The van der Waals surface area contributed by atoms with Crippen LogP contribution in [0.2, 0.25) is 5.02 Å². The van der Waals surface area contributed by atoms with Crippen LogP contribution in [0.3, 0.4) is 0 Å². The van der Waals surface area contributed by atoms with Crippen molar-refractivity contribution in [1.82, 2.24) is 4.98 Å². The fraction of sp³-hybridized carbons (Fsp3) is 0.438. The number of hydrogen-bond donors (Lipinski definition) is 1. The topological polar surface area (TPSA) is 24.9 Å². The summed E-state index contributed by atoms with van der Waals surface area (Å²) in [5.74, 6) is 0.642. The molecule has 0 bridgehead atoms. The second-order valence-corrected chi connectivity index (χ2v) is 5.79. The lowest BCUT2D eigenvalue weighted by Crippen LogP contribution is -2.03. The van der Waals surface area contributed by atoms with Crippen molar-refractivity contribution in [3.63, 3.8) is 0 Å². The van der Waals surface area contributed by atoms with Crippen molar-refractivity contribution in [2.75, 3.05) is 11.9 Å². The lowest BCUT2D eigenvalue weighted by atomic mass is 10.1. The van der Waals surface area contributed by atoms with Crippen LogP contribution in [0.5, 0.6) is 0 Å². The maximum absolute atomic E-state index is 6.34. The zero-order valence-electron chi connectivity index (χ0n) is 11.5. The summed E-state index contributed by atoms with van der Waals surface area (Å²) < 4.78 is 0. The van der Waals surface area contributed by atoms with Crippen LogP contribution in [0, 0.1) is 6.92 Å². The first-order valence-electron chi connectivity index (χ1n) is 7.04. The highest BCUT2D eigenvalue weighted by Crippen LogP contribution is 2.42. The van der Waals surface area contributed by atoms with Crippen molar-refractivity contribution in [1.29, 1.82) is 0 Å². The summed E-state index contributed by atoms with van der Waals surface area (Å²) in [6, 6.07) is 6.24. The first-order valence-corrected chi connectivity index (χ1v) is 7.42. The molecule has 1 aliphatic rings. The van der Waals surface area contributed by atoms with E-state index in [4.69, 9.17) is 16.6 Å². The average Bonchev–Trinajstić information content (AvgIpc) is 3.24. The van der Waals surface area contributed by atoms with Gasteiger partial charge in [0.1, 0.15) is 0 Å². The van der Waals surface area contributed by atoms with Gasteiger partial charge in [0.15, 0.2) is 0 Å². The largest absolute Gasteiger partial charge is 0.384 e. The molecule has 1 fully saturated rings. The Bertz CT molecular complexity index is 618. The highest BCUT2D eigenvalue weighted by Gasteiger charge is 2.26. The maximum Gasteiger partial charge on any atom is 0.0914 e. The fourth-order valence-corrected chi connectivity index (χ4v) is 2.68. The number of nitrogens with zero attached hydrogens (tertiary/aromatic N) is 1. The molecule has 100 valence electrons. The molecule has 19 heavy (non-hydrogen) atoms. The molecule has 3 heteroatoms. The summed E-state index contributed by atoms with van der Waals surface area (Å²) in [7, 11) is 0. The minimum Gasteiger partial charge on any atom is -0.384 e. The van der Waals surface area contributed by atoms with Gasteiger partial charge < -0.3 is 5.32 Å². The van der Waals surface area contributed by atoms with Gasteiger partial charge in [-0.25, -0.2) is 0 Å². The Balaban J connectivity index is 2.20. The summed E-state index contributed by atoms with van der Waals surface area (Å²) >= 11 is 6.34. The Labute approximate surface area is 119 Å². The van der Waals surface area contributed by atoms with E-state index >= 15 is 0 Å². The number of pyridine rings is 1. The summed E-state index contributed by atoms with van der Waals surface area (Å²) in [5.41, 5.74) is 4.56. The summed E-state index contributed by atoms with van der Waals surface area (Å²) in [6.07, 6.45) is 3.63. The number of benzene rings is 1. The quantitative estimate of drug-likeness (QED) is 0.858. The van der Waals surface area contributed by atoms with Crippen LogP contribution >= 0.6 is 11.6 Å². The van der Waals surface area contributed by atoms with Crippen LogP contribution in [-0.4, -0.2) is 11.5 Å². The molecule has 0 spiro atoms. The molecule has 1 aliphatic carbocycles. The van der Waals surface area contributed by atoms with Crippen LogP contribution in [0.4, 0.5) is 5.69 Å². The highest BCUT2D eigenvalue weighted by atomic mass is 35.5. The van der Waals surface area contributed by atoms with Gasteiger partial charge in [0.2, 0.25) is 0 Å². The number of hydrogen-bond acceptors (Lipinski definition) is 2. The van der Waals surface area contributed by atoms with Gasteiger partial charge in [-0.2, -0.15) is 0 Å². The van der Waals surface area contributed by atoms with Gasteiger partial charge in [-0.1, -0.05) is 24.6 Å². The van der Waals surface area contributed by atoms with Gasteiger partial charge in [0.25, 0.3) is 0 Å². The molecular weight excluding hydrogens is 256 g/mol. The van der Waals surface area contributed by atoms with Gasteiger partial charge in [0.05, 0.1) is 10.5 Å². The van der Waals surface area contributed by atoms with Crippen LogP contribution in [0.15, 0.2) is 18.2 Å². The molecule has 1 N–H and O–H groups in total. The molecule has 2 aromatic rings. The van der Waals surface area contributed by atoms with E-state index in [-0.39, 0.29) is 0 Å². The lowest BCUT2D eigenvalue weighted by Gasteiger charge is -2.14. The second kappa shape index (κ2) is 5.01. The van der Waals surface area contributed by atoms with Crippen molar-refractivity contribution in [2.24, 2.45) is 0 Å². The Kier molecular flexibility index (Phi) is 3.36. The van der Waals surface area contributed by atoms with Gasteiger partial charge in [0, 0.05) is 29.2 Å². The Morgan fingerprint density at radius 2 is 2.16 bits per heavy atom. The predicted molar refractivity (Wildman–Crippen MR) is 82.2 cm³/mol. The van der Waals surface area contributed by atoms with E-state index < -0.39 is 0 Å². The number of fused-ring (bicyclic) bond motifs is 1. The number of halogens is 1. The molecule has 0 atom stereocenters. The number of anilines is 1. The smallest absolute Gasteiger partial charge is 0.0914 e. The van der Waals surface area contributed by atoms with E-state index in [0.717, 1.165) is 23.5 Å². The highest BCUT2D eigenvalue weighted by molar-refractivity contribution is 6.35. The Hall–Kier alpha value is -1.28. The van der Waals surface area contributed by atoms with Crippen LogP contribution in [0.25, 0.3) is 10.9 Å². The fourth-order valence-electron chi connectivity index (χ4n) is 2.48. The lowest BCUT2D eigenvalue weighted by molar-refractivity contribution is 0.976. The standard InChI is InChI=1S/C16H19ClN2/c1-3-8-18-14-9-13(11-5-6-11)19-16-12(17)7-4-10(2)15(14)16/h4,7,9,11H,3,5-6,8H2,1-2H3,(H,18,19). The molecule has 1 heterocycles. The van der Waals surface area contributed by atoms with Crippen molar-refractivity contribution in [3.8, 4) is 0 Å². The van der Waals surface area contributed by atoms with Gasteiger partial charge >= 0.3 is 0 Å². The molecule has 1 aromatic carbocycles. The second-order valence-electron chi connectivity index (χ2n) is 5.38. The van der Waals surface area contributed by atoms with Gasteiger partial charge in [-0.15, -0.1) is 0 Å². The molecule has 3 rings (SSSR count). The molecule has 0 saturated heterocycles. The van der Waals surface area contributed by atoms with Crippen molar-refractivity contribution < 1.29 is 0 Å². The molecule has 1 aromatic heterocycles. The Morgan fingerprint density at radius 3 is 2.84 bits per heavy atom. The third-order valence-electron chi connectivity index (χ3n) is 3.70. The van der Waals surface area contributed by atoms with Crippen molar-refractivity contribution in [2.45, 2.75) is 39.0 Å². The van der Waals surface area contributed by atoms with Crippen LogP contribution in [0.1, 0.15) is 43.4 Å². The molecule has 0 aliphatic heterocycles. The van der Waals surface area contributed by atoms with Crippen LogP contribution in [-0.2, 0) is 0 Å². The van der Waals surface area contributed by atoms with E-state index in [9.17, 15) is 0 Å². The minimum atomic E-state index is 0.642. The average molecular weight is 275 g/mol. The van der Waals surface area contributed by atoms with E-state index in [2.05, 4.69) is 31.3 Å².